The van der Waals surface area contributed by atoms with Gasteiger partial charge in [-0.1, -0.05) is 70.2 Å². The Hall–Kier alpha value is -3.55. The molecule has 0 spiro atoms. The molecule has 0 bridgehead atoms. The van der Waals surface area contributed by atoms with Crippen LogP contribution in [0.3, 0.4) is 0 Å². The molecule has 0 saturated carbocycles. The minimum atomic E-state index is -0.209. The van der Waals surface area contributed by atoms with Gasteiger partial charge in [0.25, 0.3) is 0 Å². The third kappa shape index (κ3) is 8.62. The zero-order chi connectivity index (χ0) is 33.5. The van der Waals surface area contributed by atoms with E-state index >= 15 is 0 Å². The molecular weight excluding hydrogens is 646 g/mol. The zero-order valence-electron chi connectivity index (χ0n) is 27.6. The van der Waals surface area contributed by atoms with Crippen LogP contribution in [0.15, 0.2) is 96.6 Å². The summed E-state index contributed by atoms with van der Waals surface area (Å²) in [6.07, 6.45) is 18.7. The fourth-order valence-electron chi connectivity index (χ4n) is 5.89. The molecule has 0 N–H and O–H groups in total. The number of rotatable bonds is 0. The Bertz CT molecular complexity index is 1660. The molecule has 0 saturated heterocycles. The maximum absolute atomic E-state index is 11.9. The third-order valence-corrected chi connectivity index (χ3v) is 8.30. The Morgan fingerprint density at radius 3 is 1.72 bits per heavy atom. The molecule has 4 aromatic carbocycles. The van der Waals surface area contributed by atoms with Crippen molar-refractivity contribution < 1.29 is 33.0 Å². The Morgan fingerprint density at radius 1 is 0.761 bits per heavy atom. The molecule has 8 rings (SSSR count). The van der Waals surface area contributed by atoms with Crippen LogP contribution in [-0.4, -0.2) is 4.21 Å². The summed E-state index contributed by atoms with van der Waals surface area (Å²) in [5.41, 5.74) is 13.0. The molecule has 234 valence electrons. The number of fused-ring (bicyclic) bond motifs is 5. The van der Waals surface area contributed by atoms with Crippen molar-refractivity contribution in [1.29, 1.82) is 0 Å². The first-order valence-electron chi connectivity index (χ1n) is 15.4. The molecule has 0 nitrogen and oxygen atoms in total. The molecule has 46 heavy (non-hydrogen) atoms. The van der Waals surface area contributed by atoms with E-state index in [2.05, 4.69) is 119 Å². The zero-order valence-corrected chi connectivity index (χ0v) is 30.0. The van der Waals surface area contributed by atoms with Gasteiger partial charge >= 0.3 is 28.4 Å². The second kappa shape index (κ2) is 15.4. The van der Waals surface area contributed by atoms with E-state index < -0.39 is 0 Å². The summed E-state index contributed by atoms with van der Waals surface area (Å²) in [7, 11) is 0. The predicted molar refractivity (Wildman–Crippen MR) is 186 cm³/mol. The van der Waals surface area contributed by atoms with Crippen LogP contribution in [-0.2, 0) is 41.5 Å². The average Bonchev–Trinajstić information content (AvgIpc) is 3.77. The van der Waals surface area contributed by atoms with Gasteiger partial charge in [0, 0.05) is 17.0 Å². The number of benzene rings is 4. The average molecular weight is 686 g/mol. The van der Waals surface area contributed by atoms with E-state index in [1.807, 2.05) is 6.08 Å². The second-order valence-electron chi connectivity index (χ2n) is 12.8. The number of halogens is 2. The summed E-state index contributed by atoms with van der Waals surface area (Å²) >= 11 is 1.30. The van der Waals surface area contributed by atoms with E-state index in [1.165, 1.54) is 123 Å². The monoisotopic (exact) mass is 684 g/mol. The van der Waals surface area contributed by atoms with Crippen LogP contribution >= 0.6 is 0 Å². The molecule has 0 aromatic heterocycles. The number of hydrogen-bond acceptors (Lipinski definition) is 0. The molecule has 1 atom stereocenters. The standard InChI is InChI=1S/C23H21.C7H9.2C6H4F.CH2.Zr/c1-22(2)7-5-14-10-18-16(12-20(14)22)9-17-13-21-15(11-19(17)18)6-8-23(21,3)4;1-6-3-4-7(2)5-6;2*7-6-4-2-1-3-5-6;;/h5-7,10-13H,9H2,1-4H3;3,5,7H,1-2H3;2*2-5H;1H2;/q4*-1;;. The molecule has 0 radical (unpaired) electrons. The van der Waals surface area contributed by atoms with E-state index in [0.29, 0.717) is 5.92 Å². The van der Waals surface area contributed by atoms with Crippen molar-refractivity contribution in [1.82, 2.24) is 0 Å². The fourth-order valence-corrected chi connectivity index (χ4v) is 5.89. The van der Waals surface area contributed by atoms with Gasteiger partial charge in [0.1, 0.15) is 0 Å². The molecule has 0 fully saturated rings. The van der Waals surface area contributed by atoms with Gasteiger partial charge in [0.05, 0.1) is 0 Å². The molecule has 0 heterocycles. The molecule has 4 aromatic rings. The van der Waals surface area contributed by atoms with Crippen molar-refractivity contribution >= 4 is 16.4 Å². The topological polar surface area (TPSA) is 0 Å². The van der Waals surface area contributed by atoms with Crippen LogP contribution in [0.25, 0.3) is 23.3 Å². The van der Waals surface area contributed by atoms with Crippen molar-refractivity contribution in [3.8, 4) is 11.1 Å². The van der Waals surface area contributed by atoms with Gasteiger partial charge in [0.2, 0.25) is 0 Å². The number of hydrogen-bond donors (Lipinski definition) is 0. The van der Waals surface area contributed by atoms with Crippen LogP contribution in [0.4, 0.5) is 8.78 Å². The molecule has 0 aliphatic heterocycles. The van der Waals surface area contributed by atoms with Gasteiger partial charge in [-0.3, -0.25) is 12.2 Å². The number of allylic oxidation sites excluding steroid dienone is 6. The van der Waals surface area contributed by atoms with E-state index in [-0.39, 0.29) is 22.5 Å². The molecular formula is C43H40F2Zr-4. The van der Waals surface area contributed by atoms with Crippen molar-refractivity contribution in [3.05, 3.63) is 166 Å². The van der Waals surface area contributed by atoms with Crippen molar-refractivity contribution in [2.75, 3.05) is 0 Å². The van der Waals surface area contributed by atoms with Crippen LogP contribution in [0.1, 0.15) is 74.9 Å². The minimum absolute atomic E-state index is 0.0472. The third-order valence-electron chi connectivity index (χ3n) is 8.30. The van der Waals surface area contributed by atoms with Crippen LogP contribution in [0, 0.1) is 41.8 Å². The summed E-state index contributed by atoms with van der Waals surface area (Å²) in [6, 6.07) is 26.6. The van der Waals surface area contributed by atoms with Gasteiger partial charge < -0.3 is 0 Å². The van der Waals surface area contributed by atoms with Crippen molar-refractivity contribution in [2.45, 2.75) is 58.8 Å². The SMILES string of the molecule is CC1(C)[C-]=Cc2cc3c(cc21)Cc1cc2c(cc1-3)C=CC2(C)C.CC1=CC(C)[C-]=C1.Fc1cc[c-]cc1.Fc1cc[c-]cc1.[CH2]=[Zr]. The van der Waals surface area contributed by atoms with Crippen LogP contribution in [0.2, 0.25) is 0 Å². The van der Waals surface area contributed by atoms with Gasteiger partial charge in [-0.25, -0.2) is 26.5 Å². The second-order valence-corrected chi connectivity index (χ2v) is 12.8. The Balaban J connectivity index is 0.000000170. The van der Waals surface area contributed by atoms with Gasteiger partial charge in [-0.2, -0.15) is 48.0 Å². The maximum atomic E-state index is 11.9. The van der Waals surface area contributed by atoms with E-state index in [9.17, 15) is 8.78 Å². The predicted octanol–water partition coefficient (Wildman–Crippen LogP) is 10.8. The Kier molecular flexibility index (Phi) is 11.8. The molecule has 4 aliphatic carbocycles. The van der Waals surface area contributed by atoms with Crippen molar-refractivity contribution in [3.63, 3.8) is 0 Å². The summed E-state index contributed by atoms with van der Waals surface area (Å²) in [4.78, 5) is 0. The van der Waals surface area contributed by atoms with Crippen LogP contribution < -0.4 is 0 Å². The first-order valence-corrected chi connectivity index (χ1v) is 17.2. The first kappa shape index (κ1) is 35.3. The Morgan fingerprint density at radius 2 is 1.28 bits per heavy atom. The van der Waals surface area contributed by atoms with E-state index in [1.54, 1.807) is 0 Å². The fraction of sp³-hybridized carbons (Fsp3) is 0.233. The summed E-state index contributed by atoms with van der Waals surface area (Å²) < 4.78 is 27.1. The molecule has 0 amide bonds. The van der Waals surface area contributed by atoms with Gasteiger partial charge in [-0.05, 0) is 45.9 Å². The summed E-state index contributed by atoms with van der Waals surface area (Å²) in [5, 5.41) is 0. The summed E-state index contributed by atoms with van der Waals surface area (Å²) in [6.45, 7) is 13.4. The molecule has 4 aliphatic rings. The van der Waals surface area contributed by atoms with E-state index in [4.69, 9.17) is 0 Å². The summed E-state index contributed by atoms with van der Waals surface area (Å²) in [5.74, 6) is 0.137. The Labute approximate surface area is 289 Å². The van der Waals surface area contributed by atoms with Gasteiger partial charge in [0.15, 0.2) is 0 Å². The molecule has 3 heteroatoms. The molecule has 1 unspecified atom stereocenters. The quantitative estimate of drug-likeness (QED) is 0.142. The van der Waals surface area contributed by atoms with E-state index in [0.717, 1.165) is 6.42 Å². The van der Waals surface area contributed by atoms with Crippen molar-refractivity contribution in [2.24, 2.45) is 5.92 Å². The van der Waals surface area contributed by atoms with Gasteiger partial charge in [-0.15, -0.1) is 42.8 Å². The van der Waals surface area contributed by atoms with Crippen LogP contribution in [0.5, 0.6) is 0 Å². The normalized spacial score (nSPS) is 17.2. The first-order chi connectivity index (χ1) is 21.9.